The molecule has 4 rings (SSSR count). The second-order valence-electron chi connectivity index (χ2n) is 5.43. The van der Waals surface area contributed by atoms with E-state index in [-0.39, 0.29) is 16.3 Å². The highest BCUT2D eigenvalue weighted by Crippen LogP contribution is 2.16. The van der Waals surface area contributed by atoms with Crippen LogP contribution in [0.2, 0.25) is 5.02 Å². The molecule has 0 saturated carbocycles. The van der Waals surface area contributed by atoms with Gasteiger partial charge in [-0.15, -0.1) is 5.10 Å². The van der Waals surface area contributed by atoms with Crippen LogP contribution in [-0.2, 0) is 0 Å². The van der Waals surface area contributed by atoms with Gasteiger partial charge in [0.1, 0.15) is 23.4 Å². The highest BCUT2D eigenvalue weighted by atomic mass is 35.5. The van der Waals surface area contributed by atoms with Crippen LogP contribution in [0.1, 0.15) is 13.1 Å². The van der Waals surface area contributed by atoms with Gasteiger partial charge < -0.3 is 4.98 Å². The smallest absolute Gasteiger partial charge is 0.287 e. The molecular formula is C14H10ClN7O3. The van der Waals surface area contributed by atoms with Gasteiger partial charge in [0.05, 0.1) is 5.52 Å². The van der Waals surface area contributed by atoms with Crippen molar-refractivity contribution in [2.45, 2.75) is 13.1 Å². The van der Waals surface area contributed by atoms with E-state index in [4.69, 9.17) is 11.6 Å². The Hall–Kier alpha value is -3.27. The molecule has 0 radical (unpaired) electrons. The molecule has 3 heterocycles. The molecular weight excluding hydrogens is 350 g/mol. The predicted molar refractivity (Wildman–Crippen MR) is 89.9 cm³/mol. The molecule has 4 aromatic rings. The number of aromatic amines is 2. The molecule has 0 bridgehead atoms. The number of fused-ring (bicyclic) bond motifs is 2. The molecule has 0 aliphatic rings. The number of pyridine rings is 1. The number of rotatable bonds is 2. The van der Waals surface area contributed by atoms with E-state index in [2.05, 4.69) is 25.6 Å². The maximum atomic E-state index is 12.8. The van der Waals surface area contributed by atoms with Gasteiger partial charge in [0.25, 0.3) is 11.1 Å². The monoisotopic (exact) mass is 359 g/mol. The number of H-pyrrole nitrogens is 2. The van der Waals surface area contributed by atoms with Crippen molar-refractivity contribution in [2.75, 3.05) is 0 Å². The first-order chi connectivity index (χ1) is 12.0. The Morgan fingerprint density at radius 3 is 2.76 bits per heavy atom. The fourth-order valence-electron chi connectivity index (χ4n) is 2.70. The molecule has 11 heteroatoms. The molecule has 10 nitrogen and oxygen atoms in total. The Morgan fingerprint density at radius 1 is 1.24 bits per heavy atom. The van der Waals surface area contributed by atoms with Crippen LogP contribution in [0.15, 0.2) is 38.9 Å². The molecule has 0 spiro atoms. The van der Waals surface area contributed by atoms with Crippen molar-refractivity contribution >= 4 is 33.4 Å². The van der Waals surface area contributed by atoms with E-state index >= 15 is 0 Å². The quantitative estimate of drug-likeness (QED) is 0.493. The Kier molecular flexibility index (Phi) is 3.29. The van der Waals surface area contributed by atoms with Crippen molar-refractivity contribution in [1.82, 2.24) is 35.0 Å². The summed E-state index contributed by atoms with van der Waals surface area (Å²) in [6.45, 7) is 1.61. The lowest BCUT2D eigenvalue weighted by Crippen LogP contribution is -2.37. The van der Waals surface area contributed by atoms with Crippen molar-refractivity contribution in [3.8, 4) is 0 Å². The van der Waals surface area contributed by atoms with Gasteiger partial charge >= 0.3 is 0 Å². The highest BCUT2D eigenvalue weighted by Gasteiger charge is 2.18. The summed E-state index contributed by atoms with van der Waals surface area (Å²) in [5.41, 5.74) is -1.55. The van der Waals surface area contributed by atoms with E-state index in [1.807, 2.05) is 0 Å². The number of benzene rings is 1. The summed E-state index contributed by atoms with van der Waals surface area (Å²) in [5.74, 6) is 0. The molecule has 0 amide bonds. The van der Waals surface area contributed by atoms with Crippen LogP contribution in [0.25, 0.3) is 21.8 Å². The fourth-order valence-corrected chi connectivity index (χ4v) is 2.87. The SMILES string of the molecule is CC(n1cnnn1)n1[nH]c(=O)c2[nH]c3cc(Cl)ccc3c(=O)c2c1=O. The lowest BCUT2D eigenvalue weighted by molar-refractivity contribution is 0.366. The highest BCUT2D eigenvalue weighted by molar-refractivity contribution is 6.31. The fraction of sp³-hybridized carbons (Fsp3) is 0.143. The van der Waals surface area contributed by atoms with E-state index in [1.165, 1.54) is 23.1 Å². The Balaban J connectivity index is 2.12. The summed E-state index contributed by atoms with van der Waals surface area (Å²) in [4.78, 5) is 40.8. The van der Waals surface area contributed by atoms with Crippen LogP contribution < -0.4 is 16.5 Å². The van der Waals surface area contributed by atoms with Crippen molar-refractivity contribution < 1.29 is 0 Å². The van der Waals surface area contributed by atoms with E-state index < -0.39 is 22.7 Å². The molecule has 2 N–H and O–H groups in total. The molecule has 3 aromatic heterocycles. The summed E-state index contributed by atoms with van der Waals surface area (Å²) in [6, 6.07) is 4.57. The first-order valence-corrected chi connectivity index (χ1v) is 7.57. The van der Waals surface area contributed by atoms with Gasteiger partial charge in [-0.1, -0.05) is 11.6 Å². The van der Waals surface area contributed by atoms with E-state index in [0.29, 0.717) is 10.5 Å². The Labute approximate surface area is 142 Å². The second-order valence-corrected chi connectivity index (χ2v) is 5.87. The van der Waals surface area contributed by atoms with Gasteiger partial charge in [-0.3, -0.25) is 19.5 Å². The van der Waals surface area contributed by atoms with E-state index in [9.17, 15) is 14.4 Å². The number of aromatic nitrogens is 7. The topological polar surface area (TPSA) is 131 Å². The van der Waals surface area contributed by atoms with Crippen LogP contribution >= 0.6 is 11.6 Å². The van der Waals surface area contributed by atoms with Gasteiger partial charge in [-0.05, 0) is 35.5 Å². The van der Waals surface area contributed by atoms with Gasteiger partial charge in [0.2, 0.25) is 5.43 Å². The van der Waals surface area contributed by atoms with Crippen LogP contribution in [0, 0.1) is 0 Å². The standard InChI is InChI=1S/C14H10ClN7O3/c1-6(21-5-16-19-20-21)22-14(25)10-11(13(24)18-22)17-9-4-7(15)2-3-8(9)12(10)23/h2-6H,1H3,(H,17,23)(H,18,24). The molecule has 1 aromatic carbocycles. The van der Waals surface area contributed by atoms with Crippen LogP contribution in [-0.4, -0.2) is 35.0 Å². The average Bonchev–Trinajstić information content (AvgIpc) is 3.11. The largest absolute Gasteiger partial charge is 0.350 e. The third-order valence-electron chi connectivity index (χ3n) is 3.97. The zero-order valence-electron chi connectivity index (χ0n) is 12.7. The minimum absolute atomic E-state index is 0.107. The summed E-state index contributed by atoms with van der Waals surface area (Å²) >= 11 is 5.92. The number of tetrazole rings is 1. The molecule has 1 unspecified atom stereocenters. The third kappa shape index (κ3) is 2.26. The summed E-state index contributed by atoms with van der Waals surface area (Å²) in [5, 5.41) is 13.6. The molecule has 0 aliphatic carbocycles. The van der Waals surface area contributed by atoms with Gasteiger partial charge in [-0.2, -0.15) is 0 Å². The summed E-state index contributed by atoms with van der Waals surface area (Å²) in [7, 11) is 0. The number of nitrogens with one attached hydrogen (secondary N) is 2. The molecule has 0 aliphatic heterocycles. The summed E-state index contributed by atoms with van der Waals surface area (Å²) in [6.07, 6.45) is 0.576. The molecule has 0 fully saturated rings. The zero-order valence-corrected chi connectivity index (χ0v) is 13.5. The normalized spacial score (nSPS) is 12.7. The van der Waals surface area contributed by atoms with Crippen molar-refractivity contribution in [3.63, 3.8) is 0 Å². The third-order valence-corrected chi connectivity index (χ3v) is 4.20. The van der Waals surface area contributed by atoms with Gasteiger partial charge in [-0.25, -0.2) is 9.36 Å². The Bertz CT molecular complexity index is 1290. The maximum absolute atomic E-state index is 12.8. The van der Waals surface area contributed by atoms with Crippen molar-refractivity contribution in [3.05, 3.63) is 60.5 Å². The Morgan fingerprint density at radius 2 is 2.04 bits per heavy atom. The first kappa shape index (κ1) is 15.3. The minimum atomic E-state index is -0.722. The first-order valence-electron chi connectivity index (χ1n) is 7.20. The molecule has 25 heavy (non-hydrogen) atoms. The number of hydrogen-bond acceptors (Lipinski definition) is 6. The van der Waals surface area contributed by atoms with Crippen molar-refractivity contribution in [1.29, 1.82) is 0 Å². The molecule has 0 saturated heterocycles. The van der Waals surface area contributed by atoms with Crippen molar-refractivity contribution in [2.24, 2.45) is 0 Å². The van der Waals surface area contributed by atoms with Crippen LogP contribution in [0.4, 0.5) is 0 Å². The summed E-state index contributed by atoms with van der Waals surface area (Å²) < 4.78 is 2.29. The van der Waals surface area contributed by atoms with Crippen LogP contribution in [0.3, 0.4) is 0 Å². The lowest BCUT2D eigenvalue weighted by Gasteiger charge is -2.14. The molecule has 126 valence electrons. The number of hydrogen-bond donors (Lipinski definition) is 2. The average molecular weight is 360 g/mol. The van der Waals surface area contributed by atoms with E-state index in [1.54, 1.807) is 13.0 Å². The maximum Gasteiger partial charge on any atom is 0.287 e. The predicted octanol–water partition coefficient (Wildman–Crippen LogP) is 0.238. The van der Waals surface area contributed by atoms with Gasteiger partial charge in [0, 0.05) is 10.4 Å². The second kappa shape index (κ2) is 5.38. The molecule has 1 atom stereocenters. The number of nitrogens with zero attached hydrogens (tertiary/aromatic N) is 5. The minimum Gasteiger partial charge on any atom is -0.350 e. The number of halogens is 1. The van der Waals surface area contributed by atoms with E-state index in [0.717, 1.165) is 4.68 Å². The van der Waals surface area contributed by atoms with Crippen LogP contribution in [0.5, 0.6) is 0 Å². The zero-order chi connectivity index (χ0) is 17.7. The lowest BCUT2D eigenvalue weighted by atomic mass is 10.1. The van der Waals surface area contributed by atoms with Gasteiger partial charge in [0.15, 0.2) is 0 Å².